The van der Waals surface area contributed by atoms with E-state index in [1.54, 1.807) is 0 Å². The van der Waals surface area contributed by atoms with Gasteiger partial charge in [0.15, 0.2) is 0 Å². The van der Waals surface area contributed by atoms with Crippen LogP contribution >= 0.6 is 11.8 Å². The molecule has 6 heteroatoms. The maximum atomic E-state index is 13.0. The molecular formula is C11H16F4OS. The van der Waals surface area contributed by atoms with Crippen molar-refractivity contribution in [2.75, 3.05) is 12.4 Å². The van der Waals surface area contributed by atoms with Crippen LogP contribution in [-0.4, -0.2) is 23.5 Å². The van der Waals surface area contributed by atoms with Gasteiger partial charge in [-0.2, -0.15) is 13.2 Å². The molecule has 1 saturated heterocycles. The summed E-state index contributed by atoms with van der Waals surface area (Å²) in [5.74, 6) is -1.45. The first-order chi connectivity index (χ1) is 7.90. The van der Waals surface area contributed by atoms with Crippen molar-refractivity contribution >= 4 is 11.8 Å². The summed E-state index contributed by atoms with van der Waals surface area (Å²) in [4.78, 5) is -1.12. The van der Waals surface area contributed by atoms with E-state index in [9.17, 15) is 17.6 Å². The molecule has 1 unspecified atom stereocenters. The highest BCUT2D eigenvalue weighted by molar-refractivity contribution is 8.00. The Morgan fingerprint density at radius 3 is 2.59 bits per heavy atom. The molecule has 1 aliphatic heterocycles. The zero-order chi connectivity index (χ0) is 12.9. The van der Waals surface area contributed by atoms with Gasteiger partial charge in [-0.1, -0.05) is 19.8 Å². The van der Waals surface area contributed by atoms with E-state index in [0.29, 0.717) is 24.9 Å². The molecule has 1 nitrogen and oxygen atoms in total. The minimum absolute atomic E-state index is 0.373. The third-order valence-corrected chi connectivity index (χ3v) is 3.82. The predicted molar refractivity (Wildman–Crippen MR) is 60.5 cm³/mol. The van der Waals surface area contributed by atoms with Crippen LogP contribution in [0.4, 0.5) is 17.6 Å². The molecule has 0 aromatic carbocycles. The molecule has 1 aliphatic rings. The van der Waals surface area contributed by atoms with Crippen LogP contribution in [0.1, 0.15) is 32.6 Å². The van der Waals surface area contributed by atoms with Gasteiger partial charge in [0.05, 0.1) is 6.61 Å². The molecule has 0 aliphatic carbocycles. The highest BCUT2D eigenvalue weighted by Crippen LogP contribution is 2.41. The van der Waals surface area contributed by atoms with E-state index in [-0.39, 0.29) is 0 Å². The lowest BCUT2D eigenvalue weighted by molar-refractivity contribution is -0.110. The fourth-order valence-corrected chi connectivity index (χ4v) is 2.82. The standard InChI is InChI=1S/C11H16F4OS/c1-2-3-4-5-10(16-6-7-17-10)8-9(12)11(13,14)15/h8H,2-7H2,1H3/b9-8-. The van der Waals surface area contributed by atoms with E-state index in [4.69, 9.17) is 4.74 Å². The lowest BCUT2D eigenvalue weighted by atomic mass is 10.1. The van der Waals surface area contributed by atoms with Gasteiger partial charge in [0, 0.05) is 5.75 Å². The Balaban J connectivity index is 2.71. The Labute approximate surface area is 103 Å². The van der Waals surface area contributed by atoms with Crippen LogP contribution in [0.3, 0.4) is 0 Å². The molecule has 1 rings (SSSR count). The Morgan fingerprint density at radius 2 is 2.12 bits per heavy atom. The van der Waals surface area contributed by atoms with Crippen molar-refractivity contribution in [2.45, 2.75) is 43.7 Å². The number of hydrogen-bond donors (Lipinski definition) is 0. The van der Waals surface area contributed by atoms with Crippen LogP contribution in [0.2, 0.25) is 0 Å². The number of unbranched alkanes of at least 4 members (excludes halogenated alkanes) is 2. The Morgan fingerprint density at radius 1 is 1.41 bits per heavy atom. The van der Waals surface area contributed by atoms with Crippen LogP contribution in [0.5, 0.6) is 0 Å². The third kappa shape index (κ3) is 4.50. The zero-order valence-corrected chi connectivity index (χ0v) is 10.5. The number of rotatable bonds is 5. The predicted octanol–water partition coefficient (Wildman–Crippen LogP) is 4.44. The number of allylic oxidation sites excluding steroid dienone is 1. The van der Waals surface area contributed by atoms with Crippen LogP contribution in [0.25, 0.3) is 0 Å². The van der Waals surface area contributed by atoms with Crippen molar-refractivity contribution in [3.8, 4) is 0 Å². The van der Waals surface area contributed by atoms with Crippen molar-refractivity contribution in [2.24, 2.45) is 0 Å². The monoisotopic (exact) mass is 272 g/mol. The number of halogens is 4. The van der Waals surface area contributed by atoms with Gasteiger partial charge in [-0.15, -0.1) is 11.8 Å². The van der Waals surface area contributed by atoms with E-state index in [2.05, 4.69) is 0 Å². The second-order valence-electron chi connectivity index (χ2n) is 3.96. The van der Waals surface area contributed by atoms with Crippen molar-refractivity contribution in [3.63, 3.8) is 0 Å². The molecule has 0 bridgehead atoms. The quantitative estimate of drug-likeness (QED) is 0.540. The highest BCUT2D eigenvalue weighted by atomic mass is 32.2. The summed E-state index contributed by atoms with van der Waals surface area (Å²) < 4.78 is 54.7. The topological polar surface area (TPSA) is 9.23 Å². The van der Waals surface area contributed by atoms with Gasteiger partial charge >= 0.3 is 6.18 Å². The van der Waals surface area contributed by atoms with Gasteiger partial charge in [0.2, 0.25) is 5.83 Å². The van der Waals surface area contributed by atoms with Crippen LogP contribution < -0.4 is 0 Å². The molecule has 1 fully saturated rings. The summed E-state index contributed by atoms with van der Waals surface area (Å²) in [5.41, 5.74) is 0. The molecule has 0 aromatic rings. The average molecular weight is 272 g/mol. The normalized spacial score (nSPS) is 26.5. The molecule has 100 valence electrons. The summed E-state index contributed by atoms with van der Waals surface area (Å²) in [7, 11) is 0. The number of alkyl halides is 3. The zero-order valence-electron chi connectivity index (χ0n) is 9.65. The molecule has 0 saturated carbocycles. The lowest BCUT2D eigenvalue weighted by Gasteiger charge is -2.24. The van der Waals surface area contributed by atoms with Gasteiger partial charge in [-0.25, -0.2) is 4.39 Å². The smallest absolute Gasteiger partial charge is 0.360 e. The molecule has 1 heterocycles. The first-order valence-corrected chi connectivity index (χ1v) is 6.62. The molecule has 0 spiro atoms. The Bertz CT molecular complexity index is 269. The summed E-state index contributed by atoms with van der Waals surface area (Å²) in [6.45, 7) is 2.37. The van der Waals surface area contributed by atoms with Crippen LogP contribution in [-0.2, 0) is 4.74 Å². The molecule has 0 amide bonds. The van der Waals surface area contributed by atoms with E-state index < -0.39 is 16.9 Å². The summed E-state index contributed by atoms with van der Waals surface area (Å²) in [6.07, 6.45) is -1.27. The molecule has 0 aromatic heterocycles. The Kier molecular flexibility index (Phi) is 5.31. The number of thioether (sulfide) groups is 1. The van der Waals surface area contributed by atoms with E-state index in [0.717, 1.165) is 19.3 Å². The SMILES string of the molecule is CCCCCC1(/C=C(\F)C(F)(F)F)OCCS1. The molecule has 0 N–H and O–H groups in total. The molecule has 17 heavy (non-hydrogen) atoms. The van der Waals surface area contributed by atoms with Crippen molar-refractivity contribution in [1.82, 2.24) is 0 Å². The van der Waals surface area contributed by atoms with Gasteiger partial charge in [-0.05, 0) is 18.9 Å². The van der Waals surface area contributed by atoms with Crippen molar-refractivity contribution in [3.05, 3.63) is 11.9 Å². The fourth-order valence-electron chi connectivity index (χ4n) is 1.67. The number of hydrogen-bond acceptors (Lipinski definition) is 2. The average Bonchev–Trinajstić information content (AvgIpc) is 2.66. The second-order valence-corrected chi connectivity index (χ2v) is 5.34. The van der Waals surface area contributed by atoms with E-state index in [1.807, 2.05) is 6.92 Å². The maximum absolute atomic E-state index is 13.0. The third-order valence-electron chi connectivity index (χ3n) is 2.52. The highest BCUT2D eigenvalue weighted by Gasteiger charge is 2.41. The van der Waals surface area contributed by atoms with E-state index in [1.165, 1.54) is 11.8 Å². The van der Waals surface area contributed by atoms with Gasteiger partial charge in [-0.3, -0.25) is 0 Å². The molecule has 0 radical (unpaired) electrons. The largest absolute Gasteiger partial charge is 0.442 e. The number of ether oxygens (including phenoxy) is 1. The van der Waals surface area contributed by atoms with Gasteiger partial charge in [0.25, 0.3) is 0 Å². The second kappa shape index (κ2) is 6.09. The Hall–Kier alpha value is -0.230. The van der Waals surface area contributed by atoms with Crippen LogP contribution in [0, 0.1) is 0 Å². The van der Waals surface area contributed by atoms with Gasteiger partial charge in [0.1, 0.15) is 4.93 Å². The molecular weight excluding hydrogens is 256 g/mol. The fraction of sp³-hybridized carbons (Fsp3) is 0.818. The van der Waals surface area contributed by atoms with Crippen molar-refractivity contribution < 1.29 is 22.3 Å². The summed E-state index contributed by atoms with van der Waals surface area (Å²) in [6, 6.07) is 0. The van der Waals surface area contributed by atoms with E-state index >= 15 is 0 Å². The van der Waals surface area contributed by atoms with Crippen molar-refractivity contribution in [1.29, 1.82) is 0 Å². The van der Waals surface area contributed by atoms with Gasteiger partial charge < -0.3 is 4.74 Å². The first kappa shape index (κ1) is 14.8. The first-order valence-electron chi connectivity index (χ1n) is 5.63. The summed E-state index contributed by atoms with van der Waals surface area (Å²) >= 11 is 1.25. The minimum Gasteiger partial charge on any atom is -0.360 e. The summed E-state index contributed by atoms with van der Waals surface area (Å²) in [5, 5.41) is 0. The lowest BCUT2D eigenvalue weighted by Crippen LogP contribution is -2.24. The van der Waals surface area contributed by atoms with Crippen LogP contribution in [0.15, 0.2) is 11.9 Å². The molecule has 1 atom stereocenters. The minimum atomic E-state index is -4.91. The maximum Gasteiger partial charge on any atom is 0.442 e.